The molecule has 0 heterocycles. The molecule has 0 saturated carbocycles. The number of carbonyl (C=O) groups excluding carboxylic acids is 3. The van der Waals surface area contributed by atoms with Crippen LogP contribution in [0.3, 0.4) is 0 Å². The molecule has 0 fully saturated rings. The van der Waals surface area contributed by atoms with E-state index in [4.69, 9.17) is 30.6 Å². The smallest absolute Gasteiger partial charge is 0.222 e. The van der Waals surface area contributed by atoms with E-state index in [1.54, 1.807) is 0 Å². The standard InChI is InChI=1S/C7H8.3CHNO/c1-7-5-3-2-4-6-7;3*2-1-3/h2-6H,1H3;3*2H. The van der Waals surface area contributed by atoms with Gasteiger partial charge in [-0.15, -0.1) is 0 Å². The van der Waals surface area contributed by atoms with Crippen molar-refractivity contribution in [1.29, 1.82) is 16.2 Å². The lowest BCUT2D eigenvalue weighted by molar-refractivity contribution is 0.562. The van der Waals surface area contributed by atoms with E-state index in [1.807, 2.05) is 18.2 Å². The highest BCUT2D eigenvalue weighted by molar-refractivity contribution is 5.26. The minimum Gasteiger partial charge on any atom is -0.222 e. The van der Waals surface area contributed by atoms with Crippen molar-refractivity contribution in [3.8, 4) is 0 Å². The van der Waals surface area contributed by atoms with Crippen molar-refractivity contribution in [1.82, 2.24) is 0 Å². The van der Waals surface area contributed by atoms with Gasteiger partial charge in [0.15, 0.2) is 0 Å². The number of hydrogen-bond acceptors (Lipinski definition) is 6. The Morgan fingerprint density at radius 2 is 1.06 bits per heavy atom. The third kappa shape index (κ3) is 42.4. The summed E-state index contributed by atoms with van der Waals surface area (Å²) in [6.07, 6.45) is 2.25. The summed E-state index contributed by atoms with van der Waals surface area (Å²) in [6, 6.07) is 10.3. The predicted molar refractivity (Wildman–Crippen MR) is 56.4 cm³/mol. The highest BCUT2D eigenvalue weighted by Crippen LogP contribution is 1.92. The van der Waals surface area contributed by atoms with Crippen molar-refractivity contribution < 1.29 is 14.4 Å². The first-order valence-electron chi connectivity index (χ1n) is 3.77. The van der Waals surface area contributed by atoms with Gasteiger partial charge in [-0.3, -0.25) is 0 Å². The molecule has 0 unspecified atom stereocenters. The molecule has 1 rings (SSSR count). The Morgan fingerprint density at radius 3 is 1.19 bits per heavy atom. The average molecular weight is 221 g/mol. The quantitative estimate of drug-likeness (QED) is 0.456. The number of rotatable bonds is 0. The van der Waals surface area contributed by atoms with Crippen LogP contribution < -0.4 is 0 Å². The molecular weight excluding hydrogens is 210 g/mol. The monoisotopic (exact) mass is 221 g/mol. The summed E-state index contributed by atoms with van der Waals surface area (Å²) < 4.78 is 0. The Morgan fingerprint density at radius 1 is 0.812 bits per heavy atom. The first-order valence-corrected chi connectivity index (χ1v) is 3.77. The van der Waals surface area contributed by atoms with Crippen molar-refractivity contribution in [2.24, 2.45) is 0 Å². The summed E-state index contributed by atoms with van der Waals surface area (Å²) in [4.78, 5) is 25.0. The van der Waals surface area contributed by atoms with Crippen LogP contribution in [-0.4, -0.2) is 18.2 Å². The maximum absolute atomic E-state index is 8.35. The molecule has 0 atom stereocenters. The lowest BCUT2D eigenvalue weighted by Gasteiger charge is -1.82. The van der Waals surface area contributed by atoms with Gasteiger partial charge in [-0.25, -0.2) is 30.6 Å². The van der Waals surface area contributed by atoms with Gasteiger partial charge in [0.25, 0.3) is 0 Å². The Bertz CT molecular complexity index is 316. The predicted octanol–water partition coefficient (Wildman–Crippen LogP) is 1.70. The molecule has 0 aliphatic heterocycles. The van der Waals surface area contributed by atoms with Crippen molar-refractivity contribution in [3.05, 3.63) is 35.9 Å². The Kier molecular flexibility index (Phi) is 27.1. The molecular formula is C10H11N3O3. The van der Waals surface area contributed by atoms with Gasteiger partial charge in [0.2, 0.25) is 18.2 Å². The van der Waals surface area contributed by atoms with Gasteiger partial charge in [0.1, 0.15) is 0 Å². The molecule has 0 aliphatic rings. The highest BCUT2D eigenvalue weighted by atomic mass is 16.1. The zero-order chi connectivity index (χ0) is 13.2. The van der Waals surface area contributed by atoms with Gasteiger partial charge in [0, 0.05) is 0 Å². The number of aryl methyl sites for hydroxylation is 1. The van der Waals surface area contributed by atoms with Crippen LogP contribution in [-0.2, 0) is 14.4 Å². The fourth-order valence-corrected chi connectivity index (χ4v) is 0.534. The van der Waals surface area contributed by atoms with Crippen LogP contribution in [0.15, 0.2) is 30.3 Å². The van der Waals surface area contributed by atoms with Crippen LogP contribution in [0, 0.1) is 23.2 Å². The molecule has 0 spiro atoms. The molecule has 0 saturated heterocycles. The van der Waals surface area contributed by atoms with E-state index in [0.717, 1.165) is 18.2 Å². The highest BCUT2D eigenvalue weighted by Gasteiger charge is 1.72. The fraction of sp³-hybridized carbons (Fsp3) is 0.100. The average Bonchev–Trinajstić information content (AvgIpc) is 2.22. The second kappa shape index (κ2) is 22.8. The van der Waals surface area contributed by atoms with E-state index in [9.17, 15) is 0 Å². The van der Waals surface area contributed by atoms with Gasteiger partial charge < -0.3 is 0 Å². The third-order valence-electron chi connectivity index (χ3n) is 0.940. The van der Waals surface area contributed by atoms with E-state index in [1.165, 1.54) is 5.56 Å². The number of benzene rings is 1. The summed E-state index contributed by atoms with van der Waals surface area (Å²) in [5, 5.41) is 16.2. The summed E-state index contributed by atoms with van der Waals surface area (Å²) in [6.45, 7) is 2.08. The van der Waals surface area contributed by atoms with Gasteiger partial charge in [-0.05, 0) is 6.92 Å². The zero-order valence-electron chi connectivity index (χ0n) is 8.61. The second-order valence-electron chi connectivity index (χ2n) is 1.96. The molecule has 3 N–H and O–H groups in total. The first kappa shape index (κ1) is 19.0. The molecule has 0 aromatic heterocycles. The Hall–Kier alpha value is -2.64. The van der Waals surface area contributed by atoms with Crippen LogP contribution in [0.1, 0.15) is 5.56 Å². The topological polar surface area (TPSA) is 123 Å². The molecule has 0 amide bonds. The molecule has 6 nitrogen and oxygen atoms in total. The van der Waals surface area contributed by atoms with Crippen molar-refractivity contribution >= 4 is 18.2 Å². The van der Waals surface area contributed by atoms with Crippen molar-refractivity contribution in [2.45, 2.75) is 6.92 Å². The Labute approximate surface area is 92.4 Å². The number of isocyanates is 3. The molecule has 16 heavy (non-hydrogen) atoms. The second-order valence-corrected chi connectivity index (χ2v) is 1.96. The van der Waals surface area contributed by atoms with Crippen LogP contribution in [0.2, 0.25) is 0 Å². The van der Waals surface area contributed by atoms with Crippen LogP contribution in [0.4, 0.5) is 0 Å². The van der Waals surface area contributed by atoms with E-state index in [0.29, 0.717) is 0 Å². The van der Waals surface area contributed by atoms with Gasteiger partial charge in [-0.1, -0.05) is 35.9 Å². The maximum Gasteiger partial charge on any atom is 0.231 e. The number of hydrogen-bond donors (Lipinski definition) is 3. The maximum atomic E-state index is 8.35. The molecule has 0 radical (unpaired) electrons. The molecule has 1 aromatic rings. The molecule has 84 valence electrons. The summed E-state index contributed by atoms with van der Waals surface area (Å²) in [5.74, 6) is 0. The van der Waals surface area contributed by atoms with E-state index >= 15 is 0 Å². The van der Waals surface area contributed by atoms with Crippen molar-refractivity contribution in [3.63, 3.8) is 0 Å². The third-order valence-corrected chi connectivity index (χ3v) is 0.940. The molecule has 6 heteroatoms. The minimum atomic E-state index is 0.750. The zero-order valence-corrected chi connectivity index (χ0v) is 8.61. The molecule has 1 aromatic carbocycles. The minimum absolute atomic E-state index is 0.750. The summed E-state index contributed by atoms with van der Waals surface area (Å²) in [7, 11) is 0. The van der Waals surface area contributed by atoms with Gasteiger partial charge in [-0.2, -0.15) is 0 Å². The van der Waals surface area contributed by atoms with Crippen molar-refractivity contribution in [2.75, 3.05) is 0 Å². The number of nitrogens with one attached hydrogen (secondary N) is 3. The fourth-order valence-electron chi connectivity index (χ4n) is 0.534. The van der Waals surface area contributed by atoms with E-state index < -0.39 is 0 Å². The lowest BCUT2D eigenvalue weighted by Crippen LogP contribution is -1.62. The molecule has 0 aliphatic carbocycles. The molecule has 0 bridgehead atoms. The lowest BCUT2D eigenvalue weighted by atomic mass is 10.2. The van der Waals surface area contributed by atoms with Crippen LogP contribution >= 0.6 is 0 Å². The van der Waals surface area contributed by atoms with E-state index in [2.05, 4.69) is 19.1 Å². The summed E-state index contributed by atoms with van der Waals surface area (Å²) in [5.41, 5.74) is 1.32. The van der Waals surface area contributed by atoms with Gasteiger partial charge >= 0.3 is 0 Å². The van der Waals surface area contributed by atoms with Crippen LogP contribution in [0.25, 0.3) is 0 Å². The largest absolute Gasteiger partial charge is 0.231 e. The Balaban J connectivity index is -0.000000161. The first-order chi connectivity index (χ1) is 7.64. The van der Waals surface area contributed by atoms with E-state index in [-0.39, 0.29) is 0 Å². The SMILES string of the molecule is Cc1ccccc1.N=C=O.N=C=O.N=C=O. The summed E-state index contributed by atoms with van der Waals surface area (Å²) >= 11 is 0. The normalized spacial score (nSPS) is 5.31. The van der Waals surface area contributed by atoms with Crippen LogP contribution in [0.5, 0.6) is 0 Å². The van der Waals surface area contributed by atoms with Gasteiger partial charge in [0.05, 0.1) is 0 Å².